The molecule has 0 bridgehead atoms. The van der Waals surface area contributed by atoms with Gasteiger partial charge in [-0.05, 0) is 37.7 Å². The number of ether oxygens (including phenoxy) is 6. The minimum absolute atomic E-state index is 0.0863. The second-order valence-corrected chi connectivity index (χ2v) is 8.57. The number of nitrogens with zero attached hydrogens (tertiary/aromatic N) is 1. The molecule has 33 heavy (non-hydrogen) atoms. The summed E-state index contributed by atoms with van der Waals surface area (Å²) in [4.78, 5) is 15.2. The summed E-state index contributed by atoms with van der Waals surface area (Å²) in [6, 6.07) is 0. The monoisotopic (exact) mass is 473 g/mol. The van der Waals surface area contributed by atoms with Crippen LogP contribution < -0.4 is 0 Å². The largest absolute Gasteiger partial charge is 0.459 e. The molecule has 2 aliphatic heterocycles. The van der Waals surface area contributed by atoms with E-state index in [1.807, 2.05) is 13.0 Å². The van der Waals surface area contributed by atoms with E-state index in [0.29, 0.717) is 90.6 Å². The van der Waals surface area contributed by atoms with Gasteiger partial charge in [-0.3, -0.25) is 4.79 Å². The van der Waals surface area contributed by atoms with Crippen molar-refractivity contribution in [3.05, 3.63) is 11.8 Å². The molecule has 0 aromatic rings. The lowest BCUT2D eigenvalue weighted by molar-refractivity contribution is -0.178. The second-order valence-electron chi connectivity index (χ2n) is 8.57. The smallest absolute Gasteiger partial charge is 0.288 e. The van der Waals surface area contributed by atoms with Crippen molar-refractivity contribution in [1.29, 1.82) is 0 Å². The van der Waals surface area contributed by atoms with Crippen molar-refractivity contribution in [3.8, 4) is 0 Å². The van der Waals surface area contributed by atoms with Crippen molar-refractivity contribution in [3.63, 3.8) is 0 Å². The van der Waals surface area contributed by atoms with E-state index in [0.717, 1.165) is 6.42 Å². The number of hydrogen-bond donors (Lipinski definition) is 1. The first-order chi connectivity index (χ1) is 16.1. The maximum absolute atomic E-state index is 13.5. The van der Waals surface area contributed by atoms with E-state index in [1.54, 1.807) is 4.90 Å². The first kappa shape index (κ1) is 28.0. The van der Waals surface area contributed by atoms with Crippen molar-refractivity contribution in [2.45, 2.75) is 39.9 Å². The van der Waals surface area contributed by atoms with E-state index in [9.17, 15) is 9.90 Å². The molecule has 0 aromatic carbocycles. The summed E-state index contributed by atoms with van der Waals surface area (Å²) < 4.78 is 34.2. The highest BCUT2D eigenvalue weighted by Crippen LogP contribution is 2.37. The molecule has 0 radical (unpaired) electrons. The molecule has 0 spiro atoms. The van der Waals surface area contributed by atoms with Gasteiger partial charge in [-0.15, -0.1) is 0 Å². The number of aliphatic hydroxyl groups is 1. The van der Waals surface area contributed by atoms with Gasteiger partial charge >= 0.3 is 0 Å². The number of aliphatic hydroxyl groups excluding tert-OH is 1. The molecule has 1 saturated heterocycles. The van der Waals surface area contributed by atoms with E-state index in [1.165, 1.54) is 0 Å². The molecular weight excluding hydrogens is 430 g/mol. The molecule has 2 heterocycles. The third-order valence-electron chi connectivity index (χ3n) is 5.85. The number of amides is 1. The maximum atomic E-state index is 13.5. The van der Waals surface area contributed by atoms with E-state index < -0.39 is 6.29 Å². The van der Waals surface area contributed by atoms with Gasteiger partial charge in [-0.25, -0.2) is 0 Å². The molecule has 0 saturated carbocycles. The average molecular weight is 474 g/mol. The highest BCUT2D eigenvalue weighted by molar-refractivity contribution is 5.91. The van der Waals surface area contributed by atoms with Gasteiger partial charge < -0.3 is 38.4 Å². The normalized spacial score (nSPS) is 26.8. The fraction of sp³-hybridized carbons (Fsp3) is 0.875. The molecule has 2 aliphatic rings. The Morgan fingerprint density at radius 1 is 1.03 bits per heavy atom. The average Bonchev–Trinajstić information content (AvgIpc) is 2.82. The zero-order chi connectivity index (χ0) is 23.9. The summed E-state index contributed by atoms with van der Waals surface area (Å²) in [7, 11) is 0. The minimum Gasteiger partial charge on any atom is -0.459 e. The number of hydrogen-bond acceptors (Lipinski definition) is 8. The summed E-state index contributed by atoms with van der Waals surface area (Å²) in [6.07, 6.45) is 2.89. The van der Waals surface area contributed by atoms with Crippen LogP contribution in [0, 0.1) is 17.8 Å². The Bertz CT molecular complexity index is 555. The first-order valence-corrected chi connectivity index (χ1v) is 12.3. The van der Waals surface area contributed by atoms with E-state index >= 15 is 0 Å². The van der Waals surface area contributed by atoms with Crippen molar-refractivity contribution in [1.82, 2.24) is 4.90 Å². The van der Waals surface area contributed by atoms with Gasteiger partial charge in [0, 0.05) is 32.2 Å². The molecule has 1 amide bonds. The van der Waals surface area contributed by atoms with Gasteiger partial charge in [-0.1, -0.05) is 13.8 Å². The number of carbonyl (C=O) groups excluding carboxylic acids is 1. The van der Waals surface area contributed by atoms with Crippen LogP contribution in [0.3, 0.4) is 0 Å². The second kappa shape index (κ2) is 16.4. The first-order valence-electron chi connectivity index (χ1n) is 12.3. The fourth-order valence-corrected chi connectivity index (χ4v) is 4.10. The molecule has 0 aromatic heterocycles. The third kappa shape index (κ3) is 9.88. The van der Waals surface area contributed by atoms with Crippen LogP contribution >= 0.6 is 0 Å². The fourth-order valence-electron chi connectivity index (χ4n) is 4.10. The van der Waals surface area contributed by atoms with Crippen molar-refractivity contribution < 1.29 is 38.3 Å². The molecule has 2 rings (SSSR count). The van der Waals surface area contributed by atoms with Gasteiger partial charge in [0.2, 0.25) is 6.29 Å². The molecule has 3 atom stereocenters. The van der Waals surface area contributed by atoms with Crippen LogP contribution in [0.4, 0.5) is 0 Å². The molecular formula is C24H43NO8. The lowest BCUT2D eigenvalue weighted by atomic mass is 9.78. The van der Waals surface area contributed by atoms with Crippen molar-refractivity contribution in [2.24, 2.45) is 17.8 Å². The van der Waals surface area contributed by atoms with Crippen LogP contribution in [0.1, 0.15) is 33.6 Å². The Balaban J connectivity index is 2.11. The zero-order valence-corrected chi connectivity index (χ0v) is 20.5. The summed E-state index contributed by atoms with van der Waals surface area (Å²) in [5, 5.41) is 9.33. The Kier molecular flexibility index (Phi) is 13.9. The van der Waals surface area contributed by atoms with E-state index in [4.69, 9.17) is 28.4 Å². The van der Waals surface area contributed by atoms with Crippen LogP contribution in [0.15, 0.2) is 11.8 Å². The standard InChI is InChI=1S/C24H43NO8/c1-4-32-24-20(6-5-9-26)21(19(2)3)18-22(33-24)23(27)25-7-10-28-12-14-30-16-17-31-15-13-29-11-8-25/h18-21,24,26H,4-17H2,1-3H3/t20-,21+,24+/m0/s1. The summed E-state index contributed by atoms with van der Waals surface area (Å²) >= 11 is 0. The molecule has 9 nitrogen and oxygen atoms in total. The van der Waals surface area contributed by atoms with Gasteiger partial charge in [0.1, 0.15) is 0 Å². The Morgan fingerprint density at radius 2 is 1.58 bits per heavy atom. The Labute approximate surface area is 198 Å². The lowest BCUT2D eigenvalue weighted by Crippen LogP contribution is -2.44. The minimum atomic E-state index is -0.511. The van der Waals surface area contributed by atoms with Gasteiger partial charge in [0.25, 0.3) is 5.91 Å². The molecule has 0 unspecified atom stereocenters. The zero-order valence-electron chi connectivity index (χ0n) is 20.5. The predicted octanol–water partition coefficient (Wildman–Crippen LogP) is 1.83. The predicted molar refractivity (Wildman–Crippen MR) is 123 cm³/mol. The third-order valence-corrected chi connectivity index (χ3v) is 5.85. The maximum Gasteiger partial charge on any atom is 0.288 e. The SMILES string of the molecule is CCO[C@@H]1OC(C(=O)N2CCOCCOCCOCCOCC2)=C[C@H](C(C)C)[C@@H]1CCCO. The van der Waals surface area contributed by atoms with Crippen molar-refractivity contribution >= 4 is 5.91 Å². The molecule has 9 heteroatoms. The quantitative estimate of drug-likeness (QED) is 0.598. The summed E-state index contributed by atoms with van der Waals surface area (Å²) in [5.41, 5.74) is 0. The van der Waals surface area contributed by atoms with Crippen LogP contribution in [0.25, 0.3) is 0 Å². The lowest BCUT2D eigenvalue weighted by Gasteiger charge is -2.39. The summed E-state index contributed by atoms with van der Waals surface area (Å²) in [5.74, 6) is 0.638. The van der Waals surface area contributed by atoms with Crippen LogP contribution in [-0.4, -0.2) is 101 Å². The number of carbonyl (C=O) groups is 1. The van der Waals surface area contributed by atoms with Crippen molar-refractivity contribution in [2.75, 3.05) is 79.2 Å². The Hall–Kier alpha value is -1.23. The van der Waals surface area contributed by atoms with Crippen LogP contribution in [-0.2, 0) is 33.2 Å². The molecule has 0 aliphatic carbocycles. The van der Waals surface area contributed by atoms with Crippen LogP contribution in [0.5, 0.6) is 0 Å². The number of rotatable bonds is 7. The molecule has 1 fully saturated rings. The van der Waals surface area contributed by atoms with E-state index in [-0.39, 0.29) is 24.3 Å². The summed E-state index contributed by atoms with van der Waals surface area (Å²) in [6.45, 7) is 11.4. The molecule has 192 valence electrons. The highest BCUT2D eigenvalue weighted by Gasteiger charge is 2.39. The van der Waals surface area contributed by atoms with Crippen LogP contribution in [0.2, 0.25) is 0 Å². The van der Waals surface area contributed by atoms with Gasteiger partial charge in [0.05, 0.1) is 52.9 Å². The van der Waals surface area contributed by atoms with E-state index in [2.05, 4.69) is 13.8 Å². The molecule has 1 N–H and O–H groups in total. The topological polar surface area (TPSA) is 95.9 Å². The number of allylic oxidation sites excluding steroid dienone is 1. The Morgan fingerprint density at radius 3 is 2.06 bits per heavy atom. The van der Waals surface area contributed by atoms with Gasteiger partial charge in [-0.2, -0.15) is 0 Å². The van der Waals surface area contributed by atoms with Gasteiger partial charge in [0.15, 0.2) is 5.76 Å². The highest BCUT2D eigenvalue weighted by atomic mass is 16.7.